The van der Waals surface area contributed by atoms with Gasteiger partial charge in [0.25, 0.3) is 0 Å². The normalized spacial score (nSPS) is 14.4. The molecule has 1 amide bonds. The first-order valence-electron chi connectivity index (χ1n) is 7.38. The van der Waals surface area contributed by atoms with E-state index in [4.69, 9.17) is 0 Å². The van der Waals surface area contributed by atoms with Gasteiger partial charge in [0.2, 0.25) is 5.91 Å². The Morgan fingerprint density at radius 2 is 2.10 bits per heavy atom. The average molecular weight is 275 g/mol. The Labute approximate surface area is 121 Å². The smallest absolute Gasteiger partial charge is 0.237 e. The van der Waals surface area contributed by atoms with E-state index in [1.54, 1.807) is 0 Å². The molecule has 1 N–H and O–H groups in total. The summed E-state index contributed by atoms with van der Waals surface area (Å²) in [5.74, 6) is 0.242. The number of fused-ring (bicyclic) bond motifs is 1. The van der Waals surface area contributed by atoms with Crippen LogP contribution in [-0.2, 0) is 17.8 Å². The molecule has 1 aromatic carbocycles. The van der Waals surface area contributed by atoms with Gasteiger partial charge in [-0.15, -0.1) is 0 Å². The van der Waals surface area contributed by atoms with E-state index in [0.29, 0.717) is 6.54 Å². The fraction of sp³-hybridized carbons (Fsp3) is 0.562. The number of carbonyl (C=O) groups is 1. The highest BCUT2D eigenvalue weighted by Gasteiger charge is 2.20. The van der Waals surface area contributed by atoms with E-state index in [1.165, 1.54) is 11.1 Å². The van der Waals surface area contributed by atoms with Crippen LogP contribution in [0.2, 0.25) is 0 Å². The molecule has 1 heterocycles. The molecule has 0 aliphatic carbocycles. The zero-order valence-electron chi connectivity index (χ0n) is 12.6. The first kappa shape index (κ1) is 15.0. The van der Waals surface area contributed by atoms with Crippen LogP contribution in [0, 0.1) is 0 Å². The molecule has 0 fully saturated rings. The number of benzene rings is 1. The van der Waals surface area contributed by atoms with Gasteiger partial charge >= 0.3 is 0 Å². The molecule has 4 nitrogen and oxygen atoms in total. The second kappa shape index (κ2) is 7.41. The molecule has 20 heavy (non-hydrogen) atoms. The van der Waals surface area contributed by atoms with E-state index >= 15 is 0 Å². The molecule has 2 rings (SSSR count). The van der Waals surface area contributed by atoms with Crippen LogP contribution in [0.15, 0.2) is 24.3 Å². The maximum Gasteiger partial charge on any atom is 0.237 e. The van der Waals surface area contributed by atoms with Crippen LogP contribution in [0.3, 0.4) is 0 Å². The Morgan fingerprint density at radius 3 is 2.85 bits per heavy atom. The Hall–Kier alpha value is -1.39. The summed E-state index contributed by atoms with van der Waals surface area (Å²) in [6.07, 6.45) is 2.05. The molecule has 0 bridgehead atoms. The van der Waals surface area contributed by atoms with Crippen LogP contribution in [0.4, 0.5) is 0 Å². The number of amides is 1. The molecule has 0 saturated heterocycles. The summed E-state index contributed by atoms with van der Waals surface area (Å²) < 4.78 is 0. The minimum Gasteiger partial charge on any atom is -0.337 e. The molecule has 0 unspecified atom stereocenters. The predicted molar refractivity (Wildman–Crippen MR) is 81.6 cm³/mol. The SMILES string of the molecule is CNCCCN(C)CC(=O)N1CCc2ccccc2C1. The van der Waals surface area contributed by atoms with E-state index in [-0.39, 0.29) is 5.91 Å². The molecule has 4 heteroatoms. The predicted octanol–water partition coefficient (Wildman–Crippen LogP) is 1.11. The fourth-order valence-corrected chi connectivity index (χ4v) is 2.64. The number of rotatable bonds is 6. The van der Waals surface area contributed by atoms with Crippen LogP contribution in [-0.4, -0.2) is 56.0 Å². The van der Waals surface area contributed by atoms with Crippen LogP contribution in [0.5, 0.6) is 0 Å². The summed E-state index contributed by atoms with van der Waals surface area (Å²) >= 11 is 0. The lowest BCUT2D eigenvalue weighted by atomic mass is 10.00. The second-order valence-electron chi connectivity index (χ2n) is 5.53. The summed E-state index contributed by atoms with van der Waals surface area (Å²) in [7, 11) is 3.97. The van der Waals surface area contributed by atoms with Crippen molar-refractivity contribution in [3.63, 3.8) is 0 Å². The molecular weight excluding hydrogens is 250 g/mol. The molecule has 1 aliphatic heterocycles. The van der Waals surface area contributed by atoms with Gasteiger partial charge in [0.05, 0.1) is 6.54 Å². The minimum atomic E-state index is 0.242. The largest absolute Gasteiger partial charge is 0.337 e. The summed E-state index contributed by atoms with van der Waals surface area (Å²) in [4.78, 5) is 16.4. The van der Waals surface area contributed by atoms with Crippen LogP contribution < -0.4 is 5.32 Å². The molecule has 0 aromatic heterocycles. The second-order valence-corrected chi connectivity index (χ2v) is 5.53. The molecule has 1 aliphatic rings. The Kier molecular flexibility index (Phi) is 5.56. The van der Waals surface area contributed by atoms with Crippen LogP contribution >= 0.6 is 0 Å². The van der Waals surface area contributed by atoms with Gasteiger partial charge in [-0.3, -0.25) is 9.69 Å². The van der Waals surface area contributed by atoms with Gasteiger partial charge in [-0.05, 0) is 51.2 Å². The summed E-state index contributed by atoms with van der Waals surface area (Å²) in [5.41, 5.74) is 2.68. The van der Waals surface area contributed by atoms with Crippen molar-refractivity contribution in [2.45, 2.75) is 19.4 Å². The average Bonchev–Trinajstić information content (AvgIpc) is 2.47. The Balaban J connectivity index is 1.82. The van der Waals surface area contributed by atoms with Crippen molar-refractivity contribution in [1.29, 1.82) is 0 Å². The third-order valence-electron chi connectivity index (χ3n) is 3.86. The number of hydrogen-bond donors (Lipinski definition) is 1. The number of carbonyl (C=O) groups excluding carboxylic acids is 1. The van der Waals surface area contributed by atoms with Gasteiger partial charge in [-0.1, -0.05) is 24.3 Å². The molecule has 1 aromatic rings. The highest BCUT2D eigenvalue weighted by atomic mass is 16.2. The van der Waals surface area contributed by atoms with Gasteiger partial charge < -0.3 is 10.2 Å². The molecule has 0 atom stereocenters. The third-order valence-corrected chi connectivity index (χ3v) is 3.86. The van der Waals surface area contributed by atoms with Crippen molar-refractivity contribution in [3.8, 4) is 0 Å². The van der Waals surface area contributed by atoms with E-state index in [0.717, 1.165) is 39.0 Å². The van der Waals surface area contributed by atoms with Crippen molar-refractivity contribution in [2.24, 2.45) is 0 Å². The minimum absolute atomic E-state index is 0.242. The van der Waals surface area contributed by atoms with Crippen molar-refractivity contribution in [1.82, 2.24) is 15.1 Å². The highest BCUT2D eigenvalue weighted by molar-refractivity contribution is 5.78. The van der Waals surface area contributed by atoms with Gasteiger partial charge in [0.15, 0.2) is 0 Å². The van der Waals surface area contributed by atoms with E-state index in [2.05, 4.69) is 34.5 Å². The summed E-state index contributed by atoms with van der Waals surface area (Å²) in [6.45, 7) is 4.08. The molecule has 110 valence electrons. The van der Waals surface area contributed by atoms with E-state index in [1.807, 2.05) is 19.0 Å². The van der Waals surface area contributed by atoms with Crippen molar-refractivity contribution in [3.05, 3.63) is 35.4 Å². The third kappa shape index (κ3) is 4.05. The van der Waals surface area contributed by atoms with Crippen molar-refractivity contribution < 1.29 is 4.79 Å². The zero-order chi connectivity index (χ0) is 14.4. The summed E-state index contributed by atoms with van der Waals surface area (Å²) in [5, 5.41) is 3.13. The highest BCUT2D eigenvalue weighted by Crippen LogP contribution is 2.18. The maximum absolute atomic E-state index is 12.3. The zero-order valence-corrected chi connectivity index (χ0v) is 12.6. The Bertz CT molecular complexity index is 447. The lowest BCUT2D eigenvalue weighted by Crippen LogP contribution is -2.42. The van der Waals surface area contributed by atoms with E-state index in [9.17, 15) is 4.79 Å². The standard InChI is InChI=1S/C16H25N3O/c1-17-9-5-10-18(2)13-16(20)19-11-8-14-6-3-4-7-15(14)12-19/h3-4,6-7,17H,5,8-13H2,1-2H3. The lowest BCUT2D eigenvalue weighted by molar-refractivity contribution is -0.133. The first-order chi connectivity index (χ1) is 9.70. The molecular formula is C16H25N3O. The van der Waals surface area contributed by atoms with Crippen LogP contribution in [0.25, 0.3) is 0 Å². The number of nitrogens with zero attached hydrogens (tertiary/aromatic N) is 2. The maximum atomic E-state index is 12.3. The number of hydrogen-bond acceptors (Lipinski definition) is 3. The molecule has 0 radical (unpaired) electrons. The van der Waals surface area contributed by atoms with Gasteiger partial charge in [-0.25, -0.2) is 0 Å². The topological polar surface area (TPSA) is 35.6 Å². The molecule has 0 spiro atoms. The number of likely N-dealkylation sites (N-methyl/N-ethyl adjacent to an activating group) is 1. The van der Waals surface area contributed by atoms with Crippen LogP contribution in [0.1, 0.15) is 17.5 Å². The van der Waals surface area contributed by atoms with Gasteiger partial charge in [0, 0.05) is 13.1 Å². The monoisotopic (exact) mass is 275 g/mol. The quantitative estimate of drug-likeness (QED) is 0.790. The van der Waals surface area contributed by atoms with Crippen molar-refractivity contribution >= 4 is 5.91 Å². The lowest BCUT2D eigenvalue weighted by Gasteiger charge is -2.30. The van der Waals surface area contributed by atoms with Crippen molar-refractivity contribution in [2.75, 3.05) is 40.3 Å². The van der Waals surface area contributed by atoms with Gasteiger partial charge in [-0.2, -0.15) is 0 Å². The number of nitrogens with one attached hydrogen (secondary N) is 1. The Morgan fingerprint density at radius 1 is 1.35 bits per heavy atom. The van der Waals surface area contributed by atoms with Gasteiger partial charge in [0.1, 0.15) is 0 Å². The fourth-order valence-electron chi connectivity index (χ4n) is 2.64. The first-order valence-corrected chi connectivity index (χ1v) is 7.38. The summed E-state index contributed by atoms with van der Waals surface area (Å²) in [6, 6.07) is 8.43. The molecule has 0 saturated carbocycles. The van der Waals surface area contributed by atoms with E-state index < -0.39 is 0 Å².